The highest BCUT2D eigenvalue weighted by atomic mass is 32.2. The van der Waals surface area contributed by atoms with E-state index in [1.54, 1.807) is 18.2 Å². The van der Waals surface area contributed by atoms with Crippen LogP contribution in [0.15, 0.2) is 41.3 Å². The predicted molar refractivity (Wildman–Crippen MR) is 92.8 cm³/mol. The number of hydrogen-bond acceptors (Lipinski definition) is 6. The van der Waals surface area contributed by atoms with Crippen LogP contribution in [0.1, 0.15) is 17.5 Å². The van der Waals surface area contributed by atoms with Crippen LogP contribution < -0.4 is 4.90 Å². The zero-order valence-electron chi connectivity index (χ0n) is 14.1. The predicted octanol–water partition coefficient (Wildman–Crippen LogP) is 3.84. The Morgan fingerprint density at radius 3 is 2.46 bits per heavy atom. The van der Waals surface area contributed by atoms with E-state index in [-0.39, 0.29) is 5.69 Å². The molecule has 0 bridgehead atoms. The van der Waals surface area contributed by atoms with Crippen LogP contribution in [0.4, 0.5) is 30.2 Å². The van der Waals surface area contributed by atoms with E-state index >= 15 is 0 Å². The monoisotopic (exact) mass is 411 g/mol. The molecule has 0 spiro atoms. The van der Waals surface area contributed by atoms with Gasteiger partial charge < -0.3 is 4.90 Å². The van der Waals surface area contributed by atoms with Gasteiger partial charge in [-0.25, -0.2) is 8.42 Å². The molecule has 7 nitrogen and oxygen atoms in total. The van der Waals surface area contributed by atoms with E-state index < -0.39 is 30.9 Å². The van der Waals surface area contributed by atoms with Crippen LogP contribution in [0.5, 0.6) is 0 Å². The van der Waals surface area contributed by atoms with Gasteiger partial charge in [-0.05, 0) is 42.7 Å². The van der Waals surface area contributed by atoms with Crippen molar-refractivity contribution < 1.29 is 26.5 Å². The van der Waals surface area contributed by atoms with Gasteiger partial charge in [-0.2, -0.15) is 18.4 Å². The van der Waals surface area contributed by atoms with Gasteiger partial charge >= 0.3 is 5.51 Å². The number of fused-ring (bicyclic) bond motifs is 1. The van der Waals surface area contributed by atoms with Crippen LogP contribution in [-0.2, 0) is 16.3 Å². The molecular formula is C17H12F3N3O4S. The maximum atomic E-state index is 12.8. The minimum absolute atomic E-state index is 0.0397. The first kappa shape index (κ1) is 19.6. The number of nitro benzene ring substituents is 1. The fourth-order valence-electron chi connectivity index (χ4n) is 3.07. The number of nitrogens with zero attached hydrogens (tertiary/aromatic N) is 3. The van der Waals surface area contributed by atoms with E-state index in [9.17, 15) is 31.7 Å². The Kier molecular flexibility index (Phi) is 4.76. The fourth-order valence-corrected chi connectivity index (χ4v) is 3.85. The second-order valence-electron chi connectivity index (χ2n) is 6.07. The van der Waals surface area contributed by atoms with E-state index in [4.69, 9.17) is 5.26 Å². The maximum absolute atomic E-state index is 12.8. The number of benzene rings is 2. The minimum atomic E-state index is -5.72. The average Bonchev–Trinajstić information content (AvgIpc) is 2.65. The molecule has 0 aliphatic carbocycles. The smallest absolute Gasteiger partial charge is 0.336 e. The molecule has 2 aromatic rings. The van der Waals surface area contributed by atoms with E-state index in [1.807, 2.05) is 6.07 Å². The van der Waals surface area contributed by atoms with E-state index in [2.05, 4.69) is 0 Å². The Bertz CT molecular complexity index is 1110. The molecule has 0 radical (unpaired) electrons. The first-order valence-electron chi connectivity index (χ1n) is 7.96. The molecule has 3 rings (SSSR count). The van der Waals surface area contributed by atoms with Gasteiger partial charge in [-0.3, -0.25) is 10.1 Å². The molecule has 28 heavy (non-hydrogen) atoms. The van der Waals surface area contributed by atoms with Crippen LogP contribution >= 0.6 is 0 Å². The summed E-state index contributed by atoms with van der Waals surface area (Å²) in [5.41, 5.74) is -4.69. The standard InChI is InChI=1S/C17H12F3N3O4S/c18-17(19,20)28(26,27)13-5-6-14(16(9-13)23(24)25)22-7-1-2-12-4-3-11(10-21)8-15(12)22/h3-6,8-9H,1-2,7H2. The number of alkyl halides is 3. The number of nitro groups is 1. The van der Waals surface area contributed by atoms with Crippen molar-refractivity contribution in [3.8, 4) is 6.07 Å². The SMILES string of the molecule is N#Cc1ccc2c(c1)N(c1ccc(S(=O)(=O)C(F)(F)F)cc1[N+](=O)[O-])CCC2. The maximum Gasteiger partial charge on any atom is 0.501 e. The molecule has 0 unspecified atom stereocenters. The van der Waals surface area contributed by atoms with E-state index in [0.717, 1.165) is 11.6 Å². The van der Waals surface area contributed by atoms with Gasteiger partial charge in [0.05, 0.1) is 21.5 Å². The number of rotatable bonds is 3. The summed E-state index contributed by atoms with van der Waals surface area (Å²) < 4.78 is 61.6. The van der Waals surface area contributed by atoms with E-state index in [1.165, 1.54) is 4.90 Å². The lowest BCUT2D eigenvalue weighted by Gasteiger charge is -2.31. The zero-order valence-corrected chi connectivity index (χ0v) is 14.9. The number of halogens is 3. The largest absolute Gasteiger partial charge is 0.501 e. The summed E-state index contributed by atoms with van der Waals surface area (Å²) in [5, 5.41) is 20.6. The minimum Gasteiger partial charge on any atom is -0.336 e. The van der Waals surface area contributed by atoms with Gasteiger partial charge in [-0.1, -0.05) is 6.07 Å². The quantitative estimate of drug-likeness (QED) is 0.561. The number of nitriles is 1. The summed E-state index contributed by atoms with van der Waals surface area (Å²) in [6, 6.07) is 8.94. The molecule has 0 atom stereocenters. The lowest BCUT2D eigenvalue weighted by atomic mass is 9.99. The number of sulfone groups is 1. The zero-order chi connectivity index (χ0) is 20.7. The lowest BCUT2D eigenvalue weighted by molar-refractivity contribution is -0.384. The normalized spacial score (nSPS) is 14.3. The third kappa shape index (κ3) is 3.27. The summed E-state index contributed by atoms with van der Waals surface area (Å²) in [6.45, 7) is 0.327. The molecule has 1 aliphatic heterocycles. The van der Waals surface area contributed by atoms with Gasteiger partial charge in [0.1, 0.15) is 5.69 Å². The van der Waals surface area contributed by atoms with Crippen molar-refractivity contribution >= 4 is 26.9 Å². The van der Waals surface area contributed by atoms with Crippen molar-refractivity contribution in [2.45, 2.75) is 23.2 Å². The molecule has 2 aromatic carbocycles. The highest BCUT2D eigenvalue weighted by Crippen LogP contribution is 2.41. The Morgan fingerprint density at radius 1 is 1.14 bits per heavy atom. The van der Waals surface area contributed by atoms with Crippen molar-refractivity contribution in [2.75, 3.05) is 11.4 Å². The molecule has 0 saturated heterocycles. The number of anilines is 2. The lowest BCUT2D eigenvalue weighted by Crippen LogP contribution is -2.26. The molecule has 0 amide bonds. The summed E-state index contributed by atoms with van der Waals surface area (Å²) in [6.07, 6.45) is 1.30. The highest BCUT2D eigenvalue weighted by molar-refractivity contribution is 7.92. The number of aryl methyl sites for hydroxylation is 1. The van der Waals surface area contributed by atoms with Crippen molar-refractivity contribution in [3.63, 3.8) is 0 Å². The number of hydrogen-bond donors (Lipinski definition) is 0. The molecule has 0 saturated carbocycles. The van der Waals surface area contributed by atoms with Crippen molar-refractivity contribution in [3.05, 3.63) is 57.6 Å². The molecule has 1 heterocycles. The Hall–Kier alpha value is -3.13. The van der Waals surface area contributed by atoms with Crippen molar-refractivity contribution in [1.82, 2.24) is 0 Å². The summed E-state index contributed by atoms with van der Waals surface area (Å²) >= 11 is 0. The third-order valence-corrected chi connectivity index (χ3v) is 5.87. The molecular weight excluding hydrogens is 399 g/mol. The summed E-state index contributed by atoms with van der Waals surface area (Å²) in [4.78, 5) is 10.9. The topological polar surface area (TPSA) is 104 Å². The molecule has 11 heteroatoms. The Labute approximate surface area is 157 Å². The van der Waals surface area contributed by atoms with Crippen LogP contribution in [0, 0.1) is 21.4 Å². The Balaban J connectivity index is 2.18. The molecule has 0 fully saturated rings. The van der Waals surface area contributed by atoms with Crippen LogP contribution in [0.3, 0.4) is 0 Å². The van der Waals surface area contributed by atoms with Crippen LogP contribution in [0.25, 0.3) is 0 Å². The van der Waals surface area contributed by atoms with Gasteiger partial charge in [0.15, 0.2) is 0 Å². The first-order valence-corrected chi connectivity index (χ1v) is 9.45. The van der Waals surface area contributed by atoms with Gasteiger partial charge in [0.2, 0.25) is 0 Å². The van der Waals surface area contributed by atoms with Gasteiger partial charge in [0, 0.05) is 18.3 Å². The van der Waals surface area contributed by atoms with Gasteiger partial charge in [-0.15, -0.1) is 0 Å². The average molecular weight is 411 g/mol. The van der Waals surface area contributed by atoms with Crippen LogP contribution in [0.2, 0.25) is 0 Å². The summed E-state index contributed by atoms with van der Waals surface area (Å²) in [5.74, 6) is 0. The molecule has 0 N–H and O–H groups in total. The van der Waals surface area contributed by atoms with Crippen molar-refractivity contribution in [2.24, 2.45) is 0 Å². The van der Waals surface area contributed by atoms with Crippen molar-refractivity contribution in [1.29, 1.82) is 5.26 Å². The molecule has 1 aliphatic rings. The second kappa shape index (κ2) is 6.79. The first-order chi connectivity index (χ1) is 13.1. The fraction of sp³-hybridized carbons (Fsp3) is 0.235. The third-order valence-electron chi connectivity index (χ3n) is 4.38. The Morgan fingerprint density at radius 2 is 1.86 bits per heavy atom. The second-order valence-corrected chi connectivity index (χ2v) is 8.01. The molecule has 146 valence electrons. The van der Waals surface area contributed by atoms with Gasteiger partial charge in [0.25, 0.3) is 15.5 Å². The molecule has 0 aromatic heterocycles. The van der Waals surface area contributed by atoms with Crippen LogP contribution in [-0.4, -0.2) is 25.4 Å². The van der Waals surface area contributed by atoms with E-state index in [0.29, 0.717) is 42.8 Å². The highest BCUT2D eigenvalue weighted by Gasteiger charge is 2.47. The summed E-state index contributed by atoms with van der Waals surface area (Å²) in [7, 11) is -5.72.